The Bertz CT molecular complexity index is 479. The first kappa shape index (κ1) is 15.3. The molecule has 2 N–H and O–H groups in total. The number of amides is 2. The zero-order chi connectivity index (χ0) is 15.1. The monoisotopic (exact) mass is 291 g/mol. The maximum absolute atomic E-state index is 12.1. The molecule has 2 amide bonds. The minimum absolute atomic E-state index is 0.479. The molecule has 1 saturated heterocycles. The summed E-state index contributed by atoms with van der Waals surface area (Å²) in [4.78, 5) is 25.7. The molecule has 1 fully saturated rings. The van der Waals surface area contributed by atoms with Gasteiger partial charge in [0, 0.05) is 25.3 Å². The van der Waals surface area contributed by atoms with Crippen LogP contribution >= 0.6 is 0 Å². The van der Waals surface area contributed by atoms with Gasteiger partial charge < -0.3 is 20.3 Å². The maximum Gasteiger partial charge on any atom is 0.313 e. The van der Waals surface area contributed by atoms with Crippen LogP contribution in [0.15, 0.2) is 24.3 Å². The highest BCUT2D eigenvalue weighted by atomic mass is 16.5. The van der Waals surface area contributed by atoms with Gasteiger partial charge in [-0.25, -0.2) is 0 Å². The van der Waals surface area contributed by atoms with Crippen molar-refractivity contribution < 1.29 is 14.3 Å². The summed E-state index contributed by atoms with van der Waals surface area (Å²) in [5.74, 6) is -0.339. The van der Waals surface area contributed by atoms with Crippen molar-refractivity contribution in [3.63, 3.8) is 0 Å². The lowest BCUT2D eigenvalue weighted by atomic mass is 10.3. The van der Waals surface area contributed by atoms with Gasteiger partial charge in [-0.3, -0.25) is 9.59 Å². The van der Waals surface area contributed by atoms with Crippen molar-refractivity contribution in [3.8, 4) is 5.75 Å². The topological polar surface area (TPSA) is 70.7 Å². The van der Waals surface area contributed by atoms with Gasteiger partial charge >= 0.3 is 11.8 Å². The quantitative estimate of drug-likeness (QED) is 0.810. The number of hydrogen-bond donors (Lipinski definition) is 2. The number of benzene rings is 1. The van der Waals surface area contributed by atoms with E-state index in [0.29, 0.717) is 25.4 Å². The van der Waals surface area contributed by atoms with Gasteiger partial charge in [0.1, 0.15) is 5.75 Å². The van der Waals surface area contributed by atoms with Crippen LogP contribution in [0.3, 0.4) is 0 Å². The third-order valence-electron chi connectivity index (χ3n) is 3.24. The fourth-order valence-electron chi connectivity index (χ4n) is 2.18. The molecular formula is C15H21N3O3. The average Bonchev–Trinajstić information content (AvgIpc) is 2.78. The van der Waals surface area contributed by atoms with E-state index in [1.54, 1.807) is 29.2 Å². The number of anilines is 1. The summed E-state index contributed by atoms with van der Waals surface area (Å²) in [5.41, 5.74) is 0.588. The van der Waals surface area contributed by atoms with Gasteiger partial charge in [-0.15, -0.1) is 0 Å². The Morgan fingerprint density at radius 2 is 2.00 bits per heavy atom. The minimum atomic E-state index is -0.596. The minimum Gasteiger partial charge on any atom is -0.494 e. The van der Waals surface area contributed by atoms with E-state index in [1.807, 2.05) is 6.92 Å². The Balaban J connectivity index is 1.91. The van der Waals surface area contributed by atoms with Crippen LogP contribution in [0.4, 0.5) is 5.69 Å². The van der Waals surface area contributed by atoms with E-state index >= 15 is 0 Å². The molecule has 6 nitrogen and oxygen atoms in total. The summed E-state index contributed by atoms with van der Waals surface area (Å²) >= 11 is 0. The summed E-state index contributed by atoms with van der Waals surface area (Å²) in [5, 5.41) is 5.82. The molecule has 114 valence electrons. The van der Waals surface area contributed by atoms with E-state index in [0.717, 1.165) is 25.3 Å². The molecule has 1 aromatic carbocycles. The van der Waals surface area contributed by atoms with Gasteiger partial charge in [0.2, 0.25) is 0 Å². The Kier molecular flexibility index (Phi) is 5.57. The number of ether oxygens (including phenoxy) is 1. The molecule has 0 saturated carbocycles. The van der Waals surface area contributed by atoms with Crippen molar-refractivity contribution in [1.82, 2.24) is 10.2 Å². The molecule has 21 heavy (non-hydrogen) atoms. The molecule has 2 rings (SSSR count). The van der Waals surface area contributed by atoms with Crippen molar-refractivity contribution in [1.29, 1.82) is 0 Å². The second-order valence-electron chi connectivity index (χ2n) is 4.81. The summed E-state index contributed by atoms with van der Waals surface area (Å²) in [7, 11) is 0. The van der Waals surface area contributed by atoms with E-state index in [-0.39, 0.29) is 0 Å². The summed E-state index contributed by atoms with van der Waals surface area (Å²) in [6, 6.07) is 6.97. The highest BCUT2D eigenvalue weighted by Gasteiger charge is 2.22. The second-order valence-corrected chi connectivity index (χ2v) is 4.81. The van der Waals surface area contributed by atoms with Crippen molar-refractivity contribution in [2.75, 3.05) is 38.1 Å². The number of nitrogens with zero attached hydrogens (tertiary/aromatic N) is 1. The molecule has 0 aromatic heterocycles. The predicted octanol–water partition coefficient (Wildman–Crippen LogP) is 0.846. The normalized spacial score (nSPS) is 15.2. The number of carbonyl (C=O) groups excluding carboxylic acids is 2. The van der Waals surface area contributed by atoms with Gasteiger partial charge in [-0.05, 0) is 44.2 Å². The van der Waals surface area contributed by atoms with Gasteiger partial charge in [-0.1, -0.05) is 0 Å². The first-order chi connectivity index (χ1) is 10.2. The van der Waals surface area contributed by atoms with Crippen LogP contribution in [0.1, 0.15) is 13.3 Å². The van der Waals surface area contributed by atoms with E-state index in [1.165, 1.54) is 0 Å². The van der Waals surface area contributed by atoms with Crippen LogP contribution < -0.4 is 15.4 Å². The molecule has 0 atom stereocenters. The van der Waals surface area contributed by atoms with Crippen LogP contribution in [0, 0.1) is 0 Å². The van der Waals surface area contributed by atoms with Crippen LogP contribution in [-0.4, -0.2) is 49.5 Å². The SMILES string of the molecule is CCOc1ccc(NC(=O)C(=O)N2CCCNCC2)cc1. The second kappa shape index (κ2) is 7.64. The third kappa shape index (κ3) is 4.46. The fraction of sp³-hybridized carbons (Fsp3) is 0.467. The van der Waals surface area contributed by atoms with Crippen molar-refractivity contribution in [3.05, 3.63) is 24.3 Å². The number of hydrogen-bond acceptors (Lipinski definition) is 4. The molecule has 0 aliphatic carbocycles. The molecule has 6 heteroatoms. The maximum atomic E-state index is 12.1. The van der Waals surface area contributed by atoms with Crippen LogP contribution in [0.5, 0.6) is 5.75 Å². The molecule has 0 spiro atoms. The lowest BCUT2D eigenvalue weighted by Crippen LogP contribution is -2.41. The highest BCUT2D eigenvalue weighted by Crippen LogP contribution is 2.15. The fourth-order valence-corrected chi connectivity index (χ4v) is 2.18. The molecular weight excluding hydrogens is 270 g/mol. The average molecular weight is 291 g/mol. The van der Waals surface area contributed by atoms with Crippen LogP contribution in [-0.2, 0) is 9.59 Å². The summed E-state index contributed by atoms with van der Waals surface area (Å²) in [6.07, 6.45) is 0.863. The lowest BCUT2D eigenvalue weighted by Gasteiger charge is -2.19. The van der Waals surface area contributed by atoms with E-state index < -0.39 is 11.8 Å². The van der Waals surface area contributed by atoms with E-state index in [2.05, 4.69) is 10.6 Å². The summed E-state index contributed by atoms with van der Waals surface area (Å²) in [6.45, 7) is 5.28. The van der Waals surface area contributed by atoms with Gasteiger partial charge in [-0.2, -0.15) is 0 Å². The van der Waals surface area contributed by atoms with E-state index in [4.69, 9.17) is 4.74 Å². The highest BCUT2D eigenvalue weighted by molar-refractivity contribution is 6.39. The molecule has 0 radical (unpaired) electrons. The van der Waals surface area contributed by atoms with Crippen molar-refractivity contribution in [2.24, 2.45) is 0 Å². The first-order valence-electron chi connectivity index (χ1n) is 7.24. The predicted molar refractivity (Wildman–Crippen MR) is 80.3 cm³/mol. The number of rotatable bonds is 3. The Morgan fingerprint density at radius 1 is 1.24 bits per heavy atom. The standard InChI is InChI=1S/C15H21N3O3/c1-2-21-13-6-4-12(5-7-13)17-14(19)15(20)18-10-3-8-16-9-11-18/h4-7,16H,2-3,8-11H2,1H3,(H,17,19). The third-order valence-corrected chi connectivity index (χ3v) is 3.24. The Labute approximate surface area is 124 Å². The molecule has 1 aliphatic heterocycles. The van der Waals surface area contributed by atoms with Crippen LogP contribution in [0.25, 0.3) is 0 Å². The molecule has 1 aliphatic rings. The van der Waals surface area contributed by atoms with Gasteiger partial charge in [0.25, 0.3) is 0 Å². The molecule has 0 bridgehead atoms. The molecule has 1 heterocycles. The van der Waals surface area contributed by atoms with Gasteiger partial charge in [0.15, 0.2) is 0 Å². The zero-order valence-corrected chi connectivity index (χ0v) is 12.2. The van der Waals surface area contributed by atoms with Crippen molar-refractivity contribution in [2.45, 2.75) is 13.3 Å². The summed E-state index contributed by atoms with van der Waals surface area (Å²) < 4.78 is 5.33. The lowest BCUT2D eigenvalue weighted by molar-refractivity contribution is -0.143. The first-order valence-corrected chi connectivity index (χ1v) is 7.24. The Hall–Kier alpha value is -2.08. The van der Waals surface area contributed by atoms with Gasteiger partial charge in [0.05, 0.1) is 6.61 Å². The van der Waals surface area contributed by atoms with E-state index in [9.17, 15) is 9.59 Å². The largest absolute Gasteiger partial charge is 0.494 e. The van der Waals surface area contributed by atoms with Crippen LogP contribution in [0.2, 0.25) is 0 Å². The Morgan fingerprint density at radius 3 is 2.71 bits per heavy atom. The number of nitrogens with one attached hydrogen (secondary N) is 2. The molecule has 1 aromatic rings. The number of carbonyl (C=O) groups is 2. The molecule has 0 unspecified atom stereocenters. The zero-order valence-electron chi connectivity index (χ0n) is 12.2. The van der Waals surface area contributed by atoms with Crippen molar-refractivity contribution >= 4 is 17.5 Å². The smallest absolute Gasteiger partial charge is 0.313 e.